The minimum Gasteiger partial charge on any atom is -0.496 e. The van der Waals surface area contributed by atoms with Gasteiger partial charge in [-0.3, -0.25) is 4.90 Å². The van der Waals surface area contributed by atoms with Crippen LogP contribution in [0.2, 0.25) is 0 Å². The molecule has 0 bridgehead atoms. The Morgan fingerprint density at radius 3 is 2.46 bits per heavy atom. The molecule has 150 valence electrons. The summed E-state index contributed by atoms with van der Waals surface area (Å²) in [5.74, 6) is 1.73. The van der Waals surface area contributed by atoms with Crippen LogP contribution in [-0.2, 0) is 6.54 Å². The van der Waals surface area contributed by atoms with Crippen molar-refractivity contribution in [3.63, 3.8) is 0 Å². The van der Waals surface area contributed by atoms with Gasteiger partial charge < -0.3 is 18.9 Å². The third-order valence-electron chi connectivity index (χ3n) is 5.26. The number of methoxy groups -OCH3 is 2. The van der Waals surface area contributed by atoms with E-state index in [4.69, 9.17) is 9.47 Å². The van der Waals surface area contributed by atoms with Crippen LogP contribution >= 0.6 is 0 Å². The zero-order valence-electron chi connectivity index (χ0n) is 15.9. The number of likely N-dealkylation sites (tertiary alicyclic amines) is 1. The van der Waals surface area contributed by atoms with E-state index in [-0.39, 0.29) is 17.5 Å². The van der Waals surface area contributed by atoms with Gasteiger partial charge in [-0.15, -0.1) is 8.78 Å². The normalized spacial score (nSPS) is 20.8. The van der Waals surface area contributed by atoms with Crippen molar-refractivity contribution in [3.05, 3.63) is 47.5 Å². The van der Waals surface area contributed by atoms with Crippen molar-refractivity contribution < 1.29 is 27.7 Å². The highest BCUT2D eigenvalue weighted by Crippen LogP contribution is 2.44. The zero-order valence-corrected chi connectivity index (χ0v) is 15.9. The fourth-order valence-corrected chi connectivity index (χ4v) is 4.04. The van der Waals surface area contributed by atoms with Crippen LogP contribution in [-0.4, -0.2) is 32.0 Å². The van der Waals surface area contributed by atoms with E-state index in [2.05, 4.69) is 14.4 Å². The van der Waals surface area contributed by atoms with Crippen LogP contribution in [0.15, 0.2) is 36.4 Å². The monoisotopic (exact) mass is 391 g/mol. The van der Waals surface area contributed by atoms with Crippen LogP contribution in [0.4, 0.5) is 8.78 Å². The third-order valence-corrected chi connectivity index (χ3v) is 5.26. The summed E-state index contributed by atoms with van der Waals surface area (Å²) < 4.78 is 46.9. The van der Waals surface area contributed by atoms with E-state index in [0.29, 0.717) is 6.54 Å². The quantitative estimate of drug-likeness (QED) is 0.736. The average molecular weight is 391 g/mol. The van der Waals surface area contributed by atoms with Gasteiger partial charge in [0.2, 0.25) is 0 Å². The molecule has 2 heterocycles. The Kier molecular flexibility index (Phi) is 5.02. The lowest BCUT2D eigenvalue weighted by molar-refractivity contribution is -0.286. The van der Waals surface area contributed by atoms with Crippen LogP contribution in [0.5, 0.6) is 23.0 Å². The summed E-state index contributed by atoms with van der Waals surface area (Å²) in [7, 11) is 3.31. The minimum atomic E-state index is -3.60. The highest BCUT2D eigenvalue weighted by molar-refractivity contribution is 5.48. The molecule has 0 amide bonds. The number of ether oxygens (including phenoxy) is 4. The molecule has 7 heteroatoms. The third kappa shape index (κ3) is 3.58. The van der Waals surface area contributed by atoms with Gasteiger partial charge in [-0.25, -0.2) is 0 Å². The standard InChI is InChI=1S/C21H23F2NO4/c1-25-17-7-5-8-18(26-2)20(17)15-6-3-4-11-24(15)13-14-9-10-16-19(12-14)28-21(22,23)27-16/h5,7-10,12,15H,3-4,6,11,13H2,1-2H3. The smallest absolute Gasteiger partial charge is 0.496 e. The number of rotatable bonds is 5. The predicted molar refractivity (Wildman–Crippen MR) is 99.2 cm³/mol. The molecule has 28 heavy (non-hydrogen) atoms. The summed E-state index contributed by atoms with van der Waals surface area (Å²) >= 11 is 0. The SMILES string of the molecule is COc1cccc(OC)c1C1CCCCN1Cc1ccc2c(c1)OC(F)(F)O2. The topological polar surface area (TPSA) is 40.2 Å². The lowest BCUT2D eigenvalue weighted by Gasteiger charge is -2.37. The van der Waals surface area contributed by atoms with E-state index in [1.165, 1.54) is 6.07 Å². The Bertz CT molecular complexity index is 836. The molecule has 5 nitrogen and oxygen atoms in total. The maximum atomic E-state index is 13.3. The molecule has 2 aromatic carbocycles. The second kappa shape index (κ2) is 7.47. The van der Waals surface area contributed by atoms with Gasteiger partial charge in [0.25, 0.3) is 0 Å². The van der Waals surface area contributed by atoms with Gasteiger partial charge in [0.1, 0.15) is 11.5 Å². The second-order valence-electron chi connectivity index (χ2n) is 7.01. The number of hydrogen-bond acceptors (Lipinski definition) is 5. The molecule has 1 saturated heterocycles. The lowest BCUT2D eigenvalue weighted by Crippen LogP contribution is -2.33. The summed E-state index contributed by atoms with van der Waals surface area (Å²) in [5.41, 5.74) is 1.92. The van der Waals surface area contributed by atoms with Crippen LogP contribution in [0.25, 0.3) is 0 Å². The molecule has 2 aliphatic rings. The molecule has 1 atom stereocenters. The zero-order chi connectivity index (χ0) is 19.7. The summed E-state index contributed by atoms with van der Waals surface area (Å²) in [6.07, 6.45) is -0.439. The molecule has 0 radical (unpaired) electrons. The first kappa shape index (κ1) is 18.8. The summed E-state index contributed by atoms with van der Waals surface area (Å²) in [6, 6.07) is 10.9. The highest BCUT2D eigenvalue weighted by Gasteiger charge is 2.43. The van der Waals surface area contributed by atoms with Crippen molar-refractivity contribution >= 4 is 0 Å². The van der Waals surface area contributed by atoms with E-state index in [1.807, 2.05) is 18.2 Å². The number of benzene rings is 2. The van der Waals surface area contributed by atoms with Crippen LogP contribution in [0, 0.1) is 0 Å². The Labute approximate surface area is 162 Å². The lowest BCUT2D eigenvalue weighted by atomic mass is 9.93. The maximum absolute atomic E-state index is 13.3. The number of halogens is 2. The number of alkyl halides is 2. The van der Waals surface area contributed by atoms with Crippen molar-refractivity contribution in [2.24, 2.45) is 0 Å². The number of fused-ring (bicyclic) bond motifs is 1. The first-order valence-electron chi connectivity index (χ1n) is 9.34. The molecule has 0 aromatic heterocycles. The van der Waals surface area contributed by atoms with Crippen LogP contribution in [0.1, 0.15) is 36.4 Å². The average Bonchev–Trinajstić information content (AvgIpc) is 3.01. The molecule has 0 aliphatic carbocycles. The Morgan fingerprint density at radius 2 is 1.75 bits per heavy atom. The molecular formula is C21H23F2NO4. The van der Waals surface area contributed by atoms with Gasteiger partial charge in [0.05, 0.1) is 19.8 Å². The van der Waals surface area contributed by atoms with Gasteiger partial charge in [-0.05, 0) is 49.2 Å². The van der Waals surface area contributed by atoms with Crippen molar-refractivity contribution in [1.29, 1.82) is 0 Å². The van der Waals surface area contributed by atoms with Gasteiger partial charge in [0.15, 0.2) is 11.5 Å². The predicted octanol–water partition coefficient (Wildman–Crippen LogP) is 4.75. The van der Waals surface area contributed by atoms with E-state index >= 15 is 0 Å². The van der Waals surface area contributed by atoms with Crippen molar-refractivity contribution in [3.8, 4) is 23.0 Å². The molecule has 0 spiro atoms. The molecule has 2 aliphatic heterocycles. The van der Waals surface area contributed by atoms with E-state index in [1.54, 1.807) is 26.4 Å². The summed E-state index contributed by atoms with van der Waals surface area (Å²) in [6.45, 7) is 1.50. The fraction of sp³-hybridized carbons (Fsp3) is 0.429. The first-order chi connectivity index (χ1) is 13.5. The molecule has 1 unspecified atom stereocenters. The van der Waals surface area contributed by atoms with E-state index in [0.717, 1.165) is 48.4 Å². The fourth-order valence-electron chi connectivity index (χ4n) is 4.04. The summed E-state index contributed by atoms with van der Waals surface area (Å²) in [5, 5.41) is 0. The van der Waals surface area contributed by atoms with Crippen molar-refractivity contribution in [1.82, 2.24) is 4.90 Å². The van der Waals surface area contributed by atoms with E-state index < -0.39 is 6.29 Å². The summed E-state index contributed by atoms with van der Waals surface area (Å²) in [4.78, 5) is 2.33. The Hall–Kier alpha value is -2.54. The molecular weight excluding hydrogens is 368 g/mol. The first-order valence-corrected chi connectivity index (χ1v) is 9.34. The molecule has 1 fully saturated rings. The van der Waals surface area contributed by atoms with Crippen LogP contribution in [0.3, 0.4) is 0 Å². The molecule has 0 N–H and O–H groups in total. The molecule has 0 saturated carbocycles. The number of nitrogens with zero attached hydrogens (tertiary/aromatic N) is 1. The van der Waals surface area contributed by atoms with E-state index in [9.17, 15) is 8.78 Å². The number of piperidine rings is 1. The molecule has 4 rings (SSSR count). The van der Waals surface area contributed by atoms with Gasteiger partial charge >= 0.3 is 6.29 Å². The Morgan fingerprint density at radius 1 is 1.04 bits per heavy atom. The second-order valence-corrected chi connectivity index (χ2v) is 7.01. The maximum Gasteiger partial charge on any atom is 0.586 e. The largest absolute Gasteiger partial charge is 0.586 e. The van der Waals surface area contributed by atoms with Crippen LogP contribution < -0.4 is 18.9 Å². The van der Waals surface area contributed by atoms with Crippen molar-refractivity contribution in [2.75, 3.05) is 20.8 Å². The minimum absolute atomic E-state index is 0.0651. The van der Waals surface area contributed by atoms with Gasteiger partial charge in [0, 0.05) is 12.6 Å². The molecule has 2 aromatic rings. The van der Waals surface area contributed by atoms with Gasteiger partial charge in [-0.1, -0.05) is 18.6 Å². The number of hydrogen-bond donors (Lipinski definition) is 0. The van der Waals surface area contributed by atoms with Crippen molar-refractivity contribution in [2.45, 2.75) is 38.1 Å². The highest BCUT2D eigenvalue weighted by atomic mass is 19.3. The Balaban J connectivity index is 1.61. The van der Waals surface area contributed by atoms with Gasteiger partial charge in [-0.2, -0.15) is 0 Å².